The Labute approximate surface area is 461 Å². The first-order valence-electron chi connectivity index (χ1n) is 27.2. The topological polar surface area (TPSA) is 9.86 Å². The van der Waals surface area contributed by atoms with Crippen LogP contribution in [-0.2, 0) is 0 Å². The van der Waals surface area contributed by atoms with E-state index in [2.05, 4.69) is 288 Å². The minimum Gasteiger partial charge on any atom is -0.0602 e. The maximum absolute atomic E-state index is 2.53. The first-order valence-corrected chi connectivity index (χ1v) is 29.0. The maximum atomic E-state index is 2.53. The molecule has 0 aliphatic carbocycles. The quantitative estimate of drug-likeness (QED) is 0.116. The summed E-state index contributed by atoms with van der Waals surface area (Å²) < 4.78 is 7.69. The average molecular weight is 1070 g/mol. The third kappa shape index (κ3) is 6.58. The minimum atomic E-state index is 0.0516. The van der Waals surface area contributed by atoms with Crippen LogP contribution in [0, 0.1) is 0 Å². The standard InChI is InChI=1S/C76H46N2Se/c1-3-20-50(21-4-1)77-67-36-17-15-24-52(67)65-44-47(39-42-69(65)77)72-55-26-7-9-28-57(55)74(58-29-10-8-27-56(58)72)49-38-41-54-63-34-19-35-64(76(63)79-71(54)46-49)75-61-32-13-11-30-59(61)73(60-31-12-14-33-62(60)75)48-40-43-70-66(45-48)53-25-16-18-37-68(53)78(70)51-22-5-2-6-23-51/h1-46H. The van der Waals surface area contributed by atoms with E-state index in [1.807, 2.05) is 0 Å². The number of benzene rings is 14. The molecule has 0 unspecified atom stereocenters. The number of fused-ring (bicyclic) bond motifs is 13. The van der Waals surface area contributed by atoms with Crippen LogP contribution in [0.15, 0.2) is 279 Å². The van der Waals surface area contributed by atoms with E-state index in [1.54, 1.807) is 0 Å². The van der Waals surface area contributed by atoms with Gasteiger partial charge in [0.1, 0.15) is 0 Å². The molecular weight excluding hydrogens is 1020 g/mol. The van der Waals surface area contributed by atoms with Gasteiger partial charge in [-0.25, -0.2) is 0 Å². The van der Waals surface area contributed by atoms with Crippen LogP contribution >= 0.6 is 0 Å². The van der Waals surface area contributed by atoms with E-state index in [1.165, 1.54) is 162 Å². The largest absolute Gasteiger partial charge is 0.0602 e. The molecular formula is C76H46N2Se. The van der Waals surface area contributed by atoms with Crippen LogP contribution in [0.5, 0.6) is 0 Å². The normalized spacial score (nSPS) is 12.1. The second kappa shape index (κ2) is 17.4. The van der Waals surface area contributed by atoms with Gasteiger partial charge in [0, 0.05) is 5.69 Å². The summed E-state index contributed by atoms with van der Waals surface area (Å²) in [6.07, 6.45) is 0. The molecule has 3 aromatic heterocycles. The van der Waals surface area contributed by atoms with E-state index in [0.29, 0.717) is 0 Å². The van der Waals surface area contributed by atoms with Gasteiger partial charge >= 0.3 is 374 Å². The SMILES string of the molecule is c1ccc(-n2c3ccccc3c3cc(-c4c5ccccc5c(-c5ccc6c(c5)[se]c5c(-c7c8ccccc8c(-c8ccc9c(c8)c8ccccc8n9-c8ccccc8)c8ccccc78)cccc56)c5ccccc45)ccc32)cc1. The van der Waals surface area contributed by atoms with Crippen LogP contribution in [-0.4, -0.2) is 23.6 Å². The van der Waals surface area contributed by atoms with Gasteiger partial charge in [-0.15, -0.1) is 0 Å². The Balaban J connectivity index is 0.837. The Hall–Kier alpha value is -9.76. The summed E-state index contributed by atoms with van der Waals surface area (Å²) in [6.45, 7) is 0. The number of para-hydroxylation sites is 4. The Morgan fingerprint density at radius 3 is 1.00 bits per heavy atom. The first kappa shape index (κ1) is 44.4. The second-order valence-corrected chi connectivity index (χ2v) is 23.2. The molecule has 3 heteroatoms. The maximum Gasteiger partial charge on any atom is -0.0380 e. The van der Waals surface area contributed by atoms with Crippen LogP contribution < -0.4 is 0 Å². The van der Waals surface area contributed by atoms with E-state index in [-0.39, 0.29) is 14.5 Å². The van der Waals surface area contributed by atoms with Gasteiger partial charge in [-0.2, -0.15) is 0 Å². The van der Waals surface area contributed by atoms with Crippen molar-refractivity contribution in [2.75, 3.05) is 0 Å². The van der Waals surface area contributed by atoms with Gasteiger partial charge in [0.15, 0.2) is 0 Å². The fraction of sp³-hybridized carbons (Fsp3) is 0. The summed E-state index contributed by atoms with van der Waals surface area (Å²) >= 11 is 0.0516. The molecule has 0 aliphatic heterocycles. The molecule has 14 aromatic carbocycles. The van der Waals surface area contributed by atoms with Crippen LogP contribution in [0.2, 0.25) is 0 Å². The van der Waals surface area contributed by atoms with Crippen LogP contribution in [0.1, 0.15) is 0 Å². The van der Waals surface area contributed by atoms with Gasteiger partial charge in [0.2, 0.25) is 0 Å². The van der Waals surface area contributed by atoms with Crippen LogP contribution in [0.3, 0.4) is 0 Å². The molecule has 17 aromatic rings. The third-order valence-corrected chi connectivity index (χ3v) is 19.4. The van der Waals surface area contributed by atoms with Crippen molar-refractivity contribution in [3.63, 3.8) is 0 Å². The fourth-order valence-electron chi connectivity index (χ4n) is 13.6. The summed E-state index contributed by atoms with van der Waals surface area (Å²) in [5.74, 6) is 0. The summed E-state index contributed by atoms with van der Waals surface area (Å²) in [4.78, 5) is 0. The Morgan fingerprint density at radius 1 is 0.215 bits per heavy atom. The molecule has 0 saturated heterocycles. The van der Waals surface area contributed by atoms with Crippen molar-refractivity contribution in [1.82, 2.24) is 9.13 Å². The second-order valence-electron chi connectivity index (χ2n) is 21.0. The van der Waals surface area contributed by atoms with Crippen LogP contribution in [0.25, 0.3) is 162 Å². The van der Waals surface area contributed by atoms with Gasteiger partial charge < -0.3 is 0 Å². The number of rotatable bonds is 6. The van der Waals surface area contributed by atoms with E-state index in [9.17, 15) is 0 Å². The summed E-state index contributed by atoms with van der Waals surface area (Å²) in [7, 11) is 0. The molecule has 0 bridgehead atoms. The molecule has 0 N–H and O–H groups in total. The molecule has 3 heterocycles. The van der Waals surface area contributed by atoms with Crippen molar-refractivity contribution >= 4 is 120 Å². The molecule has 2 nitrogen and oxygen atoms in total. The summed E-state index contributed by atoms with van der Waals surface area (Å²) in [5, 5.41) is 17.9. The predicted octanol–water partition coefficient (Wildman–Crippen LogP) is 20.5. The molecule has 0 fully saturated rings. The van der Waals surface area contributed by atoms with E-state index < -0.39 is 0 Å². The van der Waals surface area contributed by atoms with Gasteiger partial charge in [-0.3, -0.25) is 0 Å². The average Bonchev–Trinajstić information content (AvgIpc) is 4.39. The first-order chi connectivity index (χ1) is 39.2. The molecule has 0 saturated carbocycles. The Bertz CT molecular complexity index is 5250. The molecule has 79 heavy (non-hydrogen) atoms. The number of aromatic nitrogens is 2. The molecule has 366 valence electrons. The van der Waals surface area contributed by atoms with Gasteiger partial charge in [0.25, 0.3) is 0 Å². The minimum absolute atomic E-state index is 0.0516. The van der Waals surface area contributed by atoms with Crippen molar-refractivity contribution in [2.24, 2.45) is 0 Å². The summed E-state index contributed by atoms with van der Waals surface area (Å²) in [6, 6.07) is 104. The summed E-state index contributed by atoms with van der Waals surface area (Å²) in [5.41, 5.74) is 17.4. The Morgan fingerprint density at radius 2 is 0.557 bits per heavy atom. The van der Waals surface area contributed by atoms with Crippen LogP contribution in [0.4, 0.5) is 0 Å². The smallest absolute Gasteiger partial charge is 0.0380 e. The zero-order chi connectivity index (χ0) is 51.7. The monoisotopic (exact) mass is 1070 g/mol. The molecule has 0 radical (unpaired) electrons. The van der Waals surface area contributed by atoms with Gasteiger partial charge in [0.05, 0.1) is 0 Å². The number of nitrogens with zero attached hydrogens (tertiary/aromatic N) is 2. The van der Waals surface area contributed by atoms with Crippen molar-refractivity contribution < 1.29 is 0 Å². The predicted molar refractivity (Wildman–Crippen MR) is 339 cm³/mol. The molecule has 0 spiro atoms. The molecule has 0 aliphatic rings. The number of hydrogen-bond donors (Lipinski definition) is 0. The van der Waals surface area contributed by atoms with Gasteiger partial charge in [-0.05, 0) is 30.3 Å². The van der Waals surface area contributed by atoms with Crippen molar-refractivity contribution in [3.05, 3.63) is 279 Å². The van der Waals surface area contributed by atoms with Crippen molar-refractivity contribution in [3.8, 4) is 55.9 Å². The molecule has 0 atom stereocenters. The molecule has 0 amide bonds. The van der Waals surface area contributed by atoms with E-state index in [4.69, 9.17) is 0 Å². The fourth-order valence-corrected chi connectivity index (χ4v) is 16.2. The van der Waals surface area contributed by atoms with Gasteiger partial charge in [-0.1, -0.05) is 54.6 Å². The zero-order valence-corrected chi connectivity index (χ0v) is 44.6. The van der Waals surface area contributed by atoms with E-state index >= 15 is 0 Å². The third-order valence-electron chi connectivity index (χ3n) is 16.9. The van der Waals surface area contributed by atoms with Crippen molar-refractivity contribution in [2.45, 2.75) is 0 Å². The zero-order valence-electron chi connectivity index (χ0n) is 42.9. The molecule has 17 rings (SSSR count). The number of hydrogen-bond acceptors (Lipinski definition) is 0. The van der Waals surface area contributed by atoms with Crippen molar-refractivity contribution in [1.29, 1.82) is 0 Å². The van der Waals surface area contributed by atoms with E-state index in [0.717, 1.165) is 0 Å². The Kier molecular flexibility index (Phi) is 9.76.